The molecule has 0 saturated carbocycles. The molecule has 0 atom stereocenters. The minimum absolute atomic E-state index is 0.667. The van der Waals surface area contributed by atoms with Crippen LogP contribution in [0.25, 0.3) is 66.3 Å². The van der Waals surface area contributed by atoms with Crippen molar-refractivity contribution in [2.24, 2.45) is 0 Å². The van der Waals surface area contributed by atoms with Gasteiger partial charge in [0.2, 0.25) is 0 Å². The van der Waals surface area contributed by atoms with E-state index in [-0.39, 0.29) is 0 Å². The number of hydrogen-bond acceptors (Lipinski definition) is 6. The molecule has 0 radical (unpaired) electrons. The van der Waals surface area contributed by atoms with Crippen LogP contribution in [0.4, 0.5) is 0 Å². The third kappa shape index (κ3) is 3.68. The predicted octanol–water partition coefficient (Wildman–Crippen LogP) is 8.97. The first-order valence-electron chi connectivity index (χ1n) is 10.9. The van der Waals surface area contributed by atoms with E-state index in [0.29, 0.717) is 11.1 Å². The summed E-state index contributed by atoms with van der Waals surface area (Å²) in [4.78, 5) is 5.37. The number of allylic oxidation sites excluding steroid dienone is 2. The Morgan fingerprint density at radius 1 is 0.800 bits per heavy atom. The third-order valence-electron chi connectivity index (χ3n) is 5.78. The van der Waals surface area contributed by atoms with E-state index < -0.39 is 0 Å². The first kappa shape index (κ1) is 21.2. The summed E-state index contributed by atoms with van der Waals surface area (Å²) in [6.45, 7) is 3.59. The summed E-state index contributed by atoms with van der Waals surface area (Å²) in [7, 11) is 0. The fraction of sp³-hybridized carbons (Fsp3) is 0.0714. The van der Waals surface area contributed by atoms with Crippen LogP contribution in [0.5, 0.6) is 0 Å². The maximum atomic E-state index is 9.02. The van der Waals surface area contributed by atoms with E-state index in [0.717, 1.165) is 63.9 Å². The Kier molecular flexibility index (Phi) is 4.96. The fourth-order valence-corrected chi connectivity index (χ4v) is 6.23. The SMILES string of the molecule is C/C(C#N)=C/c1cc2oc(-c3ccc(-c4cc5sc(/C=C(/C)C#N)cc5o4)c4[nH]ccc34)cc2s1. The Morgan fingerprint density at radius 2 is 1.34 bits per heavy atom. The summed E-state index contributed by atoms with van der Waals surface area (Å²) in [5.74, 6) is 1.60. The lowest BCUT2D eigenvalue weighted by Gasteiger charge is -2.05. The second-order valence-electron chi connectivity index (χ2n) is 8.28. The number of nitrogens with one attached hydrogen (secondary N) is 1. The lowest BCUT2D eigenvalue weighted by molar-refractivity contribution is 0.631. The second kappa shape index (κ2) is 8.18. The topological polar surface area (TPSA) is 89.7 Å². The number of thiophene rings is 2. The first-order valence-corrected chi connectivity index (χ1v) is 12.5. The van der Waals surface area contributed by atoms with Gasteiger partial charge in [0.1, 0.15) is 22.7 Å². The zero-order valence-corrected chi connectivity index (χ0v) is 20.4. The van der Waals surface area contributed by atoms with E-state index in [9.17, 15) is 0 Å². The number of hydrogen-bond donors (Lipinski definition) is 1. The van der Waals surface area contributed by atoms with Crippen LogP contribution in [-0.2, 0) is 0 Å². The monoisotopic (exact) mass is 491 g/mol. The predicted molar refractivity (Wildman–Crippen MR) is 143 cm³/mol. The molecule has 0 saturated heterocycles. The highest BCUT2D eigenvalue weighted by Gasteiger charge is 2.18. The number of furan rings is 2. The van der Waals surface area contributed by atoms with Gasteiger partial charge in [-0.1, -0.05) is 0 Å². The van der Waals surface area contributed by atoms with Gasteiger partial charge in [0, 0.05) is 55.7 Å². The van der Waals surface area contributed by atoms with Gasteiger partial charge in [-0.2, -0.15) is 10.5 Å². The maximum Gasteiger partial charge on any atom is 0.146 e. The van der Waals surface area contributed by atoms with Gasteiger partial charge < -0.3 is 13.8 Å². The number of rotatable bonds is 4. The van der Waals surface area contributed by atoms with Gasteiger partial charge in [0.25, 0.3) is 0 Å². The molecule has 0 bridgehead atoms. The van der Waals surface area contributed by atoms with Crippen LogP contribution in [0.15, 0.2) is 68.6 Å². The number of nitrogens with zero attached hydrogens (tertiary/aromatic N) is 2. The molecule has 0 aliphatic heterocycles. The Hall–Kier alpha value is -4.30. The zero-order chi connectivity index (χ0) is 24.1. The van der Waals surface area contributed by atoms with Crippen molar-refractivity contribution in [3.63, 3.8) is 0 Å². The molecule has 35 heavy (non-hydrogen) atoms. The number of aromatic amines is 1. The fourth-order valence-electron chi connectivity index (χ4n) is 4.18. The molecule has 0 spiro atoms. The van der Waals surface area contributed by atoms with Gasteiger partial charge in [-0.15, -0.1) is 22.7 Å². The Bertz CT molecular complexity index is 1700. The van der Waals surface area contributed by atoms with Crippen LogP contribution >= 0.6 is 22.7 Å². The lowest BCUT2D eigenvalue weighted by Crippen LogP contribution is -1.82. The first-order chi connectivity index (χ1) is 17.0. The van der Waals surface area contributed by atoms with Crippen molar-refractivity contribution in [2.75, 3.05) is 0 Å². The van der Waals surface area contributed by atoms with E-state index in [1.807, 2.05) is 36.5 Å². The summed E-state index contributed by atoms with van der Waals surface area (Å²) in [5, 5.41) is 19.1. The minimum atomic E-state index is 0.667. The highest BCUT2D eigenvalue weighted by Crippen LogP contribution is 2.41. The van der Waals surface area contributed by atoms with Crippen LogP contribution in [0.2, 0.25) is 0 Å². The molecular weight excluding hydrogens is 474 g/mol. The molecule has 5 aromatic heterocycles. The van der Waals surface area contributed by atoms with Crippen molar-refractivity contribution in [1.82, 2.24) is 4.98 Å². The molecule has 0 fully saturated rings. The van der Waals surface area contributed by atoms with E-state index in [1.165, 1.54) is 0 Å². The molecule has 0 aliphatic rings. The molecule has 5 nitrogen and oxygen atoms in total. The van der Waals surface area contributed by atoms with Crippen molar-refractivity contribution in [2.45, 2.75) is 13.8 Å². The van der Waals surface area contributed by atoms with Crippen molar-refractivity contribution >= 4 is 66.3 Å². The molecule has 1 aromatic carbocycles. The third-order valence-corrected chi connectivity index (χ3v) is 7.80. The Labute approximate surface area is 208 Å². The van der Waals surface area contributed by atoms with E-state index in [1.54, 1.807) is 36.5 Å². The zero-order valence-electron chi connectivity index (χ0n) is 18.8. The summed E-state index contributed by atoms with van der Waals surface area (Å²) >= 11 is 3.21. The van der Waals surface area contributed by atoms with Gasteiger partial charge in [-0.25, -0.2) is 0 Å². The highest BCUT2D eigenvalue weighted by molar-refractivity contribution is 7.20. The quantitative estimate of drug-likeness (QED) is 0.249. The molecule has 6 rings (SSSR count). The number of benzene rings is 1. The summed E-state index contributed by atoms with van der Waals surface area (Å²) in [6.07, 6.45) is 5.67. The average Bonchev–Trinajstić information content (AvgIpc) is 3.63. The van der Waals surface area contributed by atoms with Gasteiger partial charge in [0.05, 0.1) is 27.1 Å². The van der Waals surface area contributed by atoms with Crippen LogP contribution in [-0.4, -0.2) is 4.98 Å². The summed E-state index contributed by atoms with van der Waals surface area (Å²) in [6, 6.07) is 18.5. The highest BCUT2D eigenvalue weighted by atomic mass is 32.1. The number of fused-ring (bicyclic) bond motifs is 3. The van der Waals surface area contributed by atoms with E-state index >= 15 is 0 Å². The largest absolute Gasteiger partial charge is 0.455 e. The van der Waals surface area contributed by atoms with Crippen molar-refractivity contribution in [3.8, 4) is 34.8 Å². The average molecular weight is 492 g/mol. The molecule has 168 valence electrons. The van der Waals surface area contributed by atoms with Crippen LogP contribution in [0.1, 0.15) is 23.6 Å². The van der Waals surface area contributed by atoms with Crippen LogP contribution < -0.4 is 0 Å². The molecule has 1 N–H and O–H groups in total. The van der Waals surface area contributed by atoms with Crippen LogP contribution in [0.3, 0.4) is 0 Å². The van der Waals surface area contributed by atoms with Gasteiger partial charge in [-0.3, -0.25) is 0 Å². The molecule has 0 aliphatic carbocycles. The molecule has 0 amide bonds. The number of aromatic nitrogens is 1. The Balaban J connectivity index is 1.39. The molecule has 5 heterocycles. The number of H-pyrrole nitrogens is 1. The van der Waals surface area contributed by atoms with Gasteiger partial charge in [0.15, 0.2) is 0 Å². The molecule has 7 heteroatoms. The van der Waals surface area contributed by atoms with E-state index in [2.05, 4.69) is 41.4 Å². The maximum absolute atomic E-state index is 9.02. The molecule has 0 unspecified atom stereocenters. The van der Waals surface area contributed by atoms with Crippen LogP contribution in [0, 0.1) is 22.7 Å². The normalized spacial score (nSPS) is 12.6. The number of nitriles is 2. The van der Waals surface area contributed by atoms with Crippen molar-refractivity contribution < 1.29 is 8.83 Å². The summed E-state index contributed by atoms with van der Waals surface area (Å²) < 4.78 is 14.5. The standard InChI is InChI=1S/C28H17N3O2S2/c1-15(13-29)7-17-9-24-26(34-17)11-22(32-24)19-3-4-21(28-20(19)5-6-31-28)23-12-27-25(33-23)10-18(35-27)8-16(2)14-30/h3-12,31H,1-2H3/b15-7-,16-8-. The van der Waals surface area contributed by atoms with Gasteiger partial charge in [-0.05, 0) is 56.3 Å². The lowest BCUT2D eigenvalue weighted by atomic mass is 10.0. The smallest absolute Gasteiger partial charge is 0.146 e. The van der Waals surface area contributed by atoms with Gasteiger partial charge >= 0.3 is 0 Å². The Morgan fingerprint density at radius 3 is 1.89 bits per heavy atom. The van der Waals surface area contributed by atoms with Crippen molar-refractivity contribution in [1.29, 1.82) is 10.5 Å². The minimum Gasteiger partial charge on any atom is -0.455 e. The van der Waals surface area contributed by atoms with Crippen molar-refractivity contribution in [3.05, 3.63) is 69.6 Å². The second-order valence-corrected chi connectivity index (χ2v) is 10.5. The molecular formula is C28H17N3O2S2. The van der Waals surface area contributed by atoms with E-state index in [4.69, 9.17) is 19.4 Å². The molecule has 6 aromatic rings. The summed E-state index contributed by atoms with van der Waals surface area (Å²) in [5.41, 5.74) is 5.94.